The molecule has 1 N–H and O–H groups in total. The second-order valence-corrected chi connectivity index (χ2v) is 4.19. The Labute approximate surface area is 84.8 Å². The molecule has 3 unspecified atom stereocenters. The van der Waals surface area contributed by atoms with Gasteiger partial charge in [-0.3, -0.25) is 0 Å². The van der Waals surface area contributed by atoms with Gasteiger partial charge in [0.1, 0.15) is 0 Å². The Kier molecular flexibility index (Phi) is 5.09. The fourth-order valence-corrected chi connectivity index (χ4v) is 1.88. The number of aliphatic hydroxyl groups excluding tert-OH is 1. The first-order chi connectivity index (χ1) is 6.25. The maximum absolute atomic E-state index is 8.62. The summed E-state index contributed by atoms with van der Waals surface area (Å²) in [5, 5.41) is 8.90. The van der Waals surface area contributed by atoms with Gasteiger partial charge in [0.2, 0.25) is 0 Å². The van der Waals surface area contributed by atoms with E-state index < -0.39 is 0 Å². The van der Waals surface area contributed by atoms with Gasteiger partial charge in [-0.2, -0.15) is 12.6 Å². The van der Waals surface area contributed by atoms with Crippen molar-refractivity contribution in [3.05, 3.63) is 0 Å². The minimum absolute atomic E-state index is 0.0491. The van der Waals surface area contributed by atoms with Gasteiger partial charge in [-0.25, -0.2) is 0 Å². The highest BCUT2D eigenvalue weighted by Crippen LogP contribution is 2.27. The quantitative estimate of drug-likeness (QED) is 0.676. The fourth-order valence-electron chi connectivity index (χ4n) is 1.59. The van der Waals surface area contributed by atoms with E-state index in [4.69, 9.17) is 14.6 Å². The molecule has 0 saturated carbocycles. The topological polar surface area (TPSA) is 38.7 Å². The Morgan fingerprint density at radius 3 is 3.08 bits per heavy atom. The number of aliphatic hydroxyl groups is 1. The van der Waals surface area contributed by atoms with Crippen molar-refractivity contribution < 1.29 is 14.6 Å². The van der Waals surface area contributed by atoms with E-state index in [1.807, 2.05) is 0 Å². The van der Waals surface area contributed by atoms with E-state index in [-0.39, 0.29) is 18.1 Å². The molecule has 1 saturated heterocycles. The lowest BCUT2D eigenvalue weighted by Crippen LogP contribution is -2.37. The van der Waals surface area contributed by atoms with Crippen molar-refractivity contribution >= 4 is 12.6 Å². The van der Waals surface area contributed by atoms with Crippen molar-refractivity contribution in [2.45, 2.75) is 31.3 Å². The van der Waals surface area contributed by atoms with Gasteiger partial charge < -0.3 is 14.6 Å². The minimum Gasteiger partial charge on any atom is -0.394 e. The molecule has 3 nitrogen and oxygen atoms in total. The third kappa shape index (κ3) is 3.46. The summed E-state index contributed by atoms with van der Waals surface area (Å²) in [5.74, 6) is 0.351. The molecule has 0 amide bonds. The number of hydrogen-bond acceptors (Lipinski definition) is 4. The highest BCUT2D eigenvalue weighted by molar-refractivity contribution is 7.80. The molecule has 1 rings (SSSR count). The summed E-state index contributed by atoms with van der Waals surface area (Å²) in [5.41, 5.74) is 0. The Morgan fingerprint density at radius 1 is 1.69 bits per heavy atom. The van der Waals surface area contributed by atoms with Gasteiger partial charge in [-0.15, -0.1) is 0 Å². The van der Waals surface area contributed by atoms with Crippen LogP contribution in [0.15, 0.2) is 0 Å². The fraction of sp³-hybridized carbons (Fsp3) is 1.00. The van der Waals surface area contributed by atoms with Crippen LogP contribution in [0.3, 0.4) is 0 Å². The van der Waals surface area contributed by atoms with Crippen molar-refractivity contribution in [2.75, 3.05) is 19.8 Å². The molecule has 78 valence electrons. The van der Waals surface area contributed by atoms with Crippen molar-refractivity contribution in [3.8, 4) is 0 Å². The van der Waals surface area contributed by atoms with Crippen LogP contribution < -0.4 is 0 Å². The van der Waals surface area contributed by atoms with Crippen LogP contribution in [0.25, 0.3) is 0 Å². The van der Waals surface area contributed by atoms with Crippen molar-refractivity contribution in [1.82, 2.24) is 0 Å². The summed E-state index contributed by atoms with van der Waals surface area (Å²) >= 11 is 4.40. The summed E-state index contributed by atoms with van der Waals surface area (Å²) in [6.07, 6.45) is 2.00. The van der Waals surface area contributed by atoms with Crippen LogP contribution in [0.1, 0.15) is 19.8 Å². The van der Waals surface area contributed by atoms with Crippen LogP contribution in [0.2, 0.25) is 0 Å². The molecule has 3 atom stereocenters. The molecular formula is C9H18O3S. The molecule has 0 aromatic rings. The SMILES string of the molecule is CC(S)C1CCCOC1OCCO. The van der Waals surface area contributed by atoms with Gasteiger partial charge >= 0.3 is 0 Å². The Bertz CT molecular complexity index is 141. The molecule has 1 fully saturated rings. The van der Waals surface area contributed by atoms with Crippen LogP contribution in [0.5, 0.6) is 0 Å². The molecule has 0 aromatic carbocycles. The third-order valence-corrected chi connectivity index (χ3v) is 2.69. The van der Waals surface area contributed by atoms with E-state index in [0.29, 0.717) is 12.5 Å². The van der Waals surface area contributed by atoms with Gasteiger partial charge in [0.15, 0.2) is 6.29 Å². The smallest absolute Gasteiger partial charge is 0.161 e. The van der Waals surface area contributed by atoms with Crippen LogP contribution in [0, 0.1) is 5.92 Å². The zero-order chi connectivity index (χ0) is 9.68. The van der Waals surface area contributed by atoms with Gasteiger partial charge in [-0.1, -0.05) is 6.92 Å². The van der Waals surface area contributed by atoms with Gasteiger partial charge in [0, 0.05) is 17.8 Å². The molecule has 0 bridgehead atoms. The average Bonchev–Trinajstić information content (AvgIpc) is 2.15. The lowest BCUT2D eigenvalue weighted by molar-refractivity contribution is -0.195. The molecule has 0 aliphatic carbocycles. The van der Waals surface area contributed by atoms with Crippen LogP contribution in [0.4, 0.5) is 0 Å². The summed E-state index contributed by atoms with van der Waals surface area (Å²) in [6, 6.07) is 0. The Morgan fingerprint density at radius 2 is 2.46 bits per heavy atom. The summed E-state index contributed by atoms with van der Waals surface area (Å²) in [4.78, 5) is 0. The van der Waals surface area contributed by atoms with Gasteiger partial charge in [0.05, 0.1) is 13.2 Å². The van der Waals surface area contributed by atoms with Crippen LogP contribution in [-0.4, -0.2) is 36.5 Å². The molecule has 0 spiro atoms. The second kappa shape index (κ2) is 5.86. The summed E-state index contributed by atoms with van der Waals surface area (Å²) in [6.45, 7) is 3.21. The van der Waals surface area contributed by atoms with E-state index in [2.05, 4.69) is 19.6 Å². The van der Waals surface area contributed by atoms with Crippen molar-refractivity contribution in [3.63, 3.8) is 0 Å². The van der Waals surface area contributed by atoms with Gasteiger partial charge in [0.25, 0.3) is 0 Å². The maximum atomic E-state index is 8.62. The predicted octanol–water partition coefficient (Wildman–Crippen LogP) is 1.07. The molecule has 13 heavy (non-hydrogen) atoms. The molecule has 1 heterocycles. The van der Waals surface area contributed by atoms with E-state index >= 15 is 0 Å². The van der Waals surface area contributed by atoms with Crippen molar-refractivity contribution in [1.29, 1.82) is 0 Å². The standard InChI is InChI=1S/C9H18O3S/c1-7(13)8-3-2-5-11-9(8)12-6-4-10/h7-10,13H,2-6H2,1H3. The number of ether oxygens (including phenoxy) is 2. The highest BCUT2D eigenvalue weighted by atomic mass is 32.1. The second-order valence-electron chi connectivity index (χ2n) is 3.38. The number of thiol groups is 1. The molecule has 0 radical (unpaired) electrons. The molecular weight excluding hydrogens is 188 g/mol. The summed E-state index contributed by atoms with van der Waals surface area (Å²) in [7, 11) is 0. The largest absolute Gasteiger partial charge is 0.394 e. The minimum atomic E-state index is -0.173. The third-order valence-electron chi connectivity index (χ3n) is 2.31. The van der Waals surface area contributed by atoms with E-state index in [0.717, 1.165) is 19.4 Å². The first-order valence-electron chi connectivity index (χ1n) is 4.78. The average molecular weight is 206 g/mol. The van der Waals surface area contributed by atoms with E-state index in [9.17, 15) is 0 Å². The maximum Gasteiger partial charge on any atom is 0.161 e. The summed E-state index contributed by atoms with van der Waals surface area (Å²) < 4.78 is 10.9. The number of hydrogen-bond donors (Lipinski definition) is 2. The van der Waals surface area contributed by atoms with E-state index in [1.54, 1.807) is 0 Å². The molecule has 0 aromatic heterocycles. The Hall–Kier alpha value is 0.230. The van der Waals surface area contributed by atoms with E-state index in [1.165, 1.54) is 0 Å². The lowest BCUT2D eigenvalue weighted by Gasteiger charge is -2.33. The lowest BCUT2D eigenvalue weighted by atomic mass is 9.97. The first kappa shape index (κ1) is 11.3. The van der Waals surface area contributed by atoms with Crippen LogP contribution >= 0.6 is 12.6 Å². The first-order valence-corrected chi connectivity index (χ1v) is 5.29. The predicted molar refractivity (Wildman–Crippen MR) is 53.9 cm³/mol. The number of rotatable bonds is 4. The monoisotopic (exact) mass is 206 g/mol. The molecule has 1 aliphatic heterocycles. The zero-order valence-electron chi connectivity index (χ0n) is 7.98. The van der Waals surface area contributed by atoms with Gasteiger partial charge in [-0.05, 0) is 12.8 Å². The highest BCUT2D eigenvalue weighted by Gasteiger charge is 2.29. The normalized spacial score (nSPS) is 31.6. The molecule has 1 aliphatic rings. The van der Waals surface area contributed by atoms with Crippen LogP contribution in [-0.2, 0) is 9.47 Å². The molecule has 4 heteroatoms. The zero-order valence-corrected chi connectivity index (χ0v) is 8.87. The van der Waals surface area contributed by atoms with Crippen molar-refractivity contribution in [2.24, 2.45) is 5.92 Å². The Balaban J connectivity index is 2.37.